The van der Waals surface area contributed by atoms with Gasteiger partial charge in [0.25, 0.3) is 5.91 Å². The van der Waals surface area contributed by atoms with Gasteiger partial charge in [0.2, 0.25) is 0 Å². The number of benzene rings is 3. The Labute approximate surface area is 178 Å². The van der Waals surface area contributed by atoms with Crippen LogP contribution in [-0.2, 0) is 11.2 Å². The molecule has 0 saturated heterocycles. The fourth-order valence-corrected chi connectivity index (χ4v) is 3.36. The number of hydrogen-bond donors (Lipinski definition) is 2. The van der Waals surface area contributed by atoms with Gasteiger partial charge in [-0.1, -0.05) is 55.5 Å². The molecule has 0 spiro atoms. The first-order valence-corrected chi connectivity index (χ1v) is 9.92. The number of nitrogens with one attached hydrogen (secondary N) is 1. The lowest BCUT2D eigenvalue weighted by Crippen LogP contribution is -2.20. The molecule has 1 heterocycles. The maximum Gasteiger partial charge on any atom is 0.262 e. The predicted octanol–water partition coefficient (Wildman–Crippen LogP) is 4.75. The number of amides is 1. The number of carbonyl (C=O) groups is 1. The van der Waals surface area contributed by atoms with E-state index in [1.165, 1.54) is 18.2 Å². The van der Waals surface area contributed by atoms with Crippen LogP contribution in [0, 0.1) is 0 Å². The van der Waals surface area contributed by atoms with Crippen LogP contribution in [0.15, 0.2) is 82.0 Å². The molecule has 0 aliphatic carbocycles. The molecule has 0 atom stereocenters. The van der Waals surface area contributed by atoms with Gasteiger partial charge in [-0.05, 0) is 18.1 Å². The minimum absolute atomic E-state index is 0.0633. The van der Waals surface area contributed by atoms with E-state index in [9.17, 15) is 14.7 Å². The molecule has 1 aromatic heterocycles. The van der Waals surface area contributed by atoms with E-state index in [0.717, 1.165) is 23.2 Å². The van der Waals surface area contributed by atoms with Crippen molar-refractivity contribution in [2.75, 3.05) is 11.9 Å². The lowest BCUT2D eigenvalue weighted by atomic mass is 10.1. The molecule has 31 heavy (non-hydrogen) atoms. The van der Waals surface area contributed by atoms with Crippen molar-refractivity contribution in [1.29, 1.82) is 0 Å². The Balaban J connectivity index is 1.57. The summed E-state index contributed by atoms with van der Waals surface area (Å²) in [6, 6.07) is 20.9. The van der Waals surface area contributed by atoms with Crippen molar-refractivity contribution in [3.8, 4) is 22.8 Å². The summed E-state index contributed by atoms with van der Waals surface area (Å²) in [7, 11) is 0. The second-order valence-corrected chi connectivity index (χ2v) is 7.00. The quantitative estimate of drug-likeness (QED) is 0.475. The van der Waals surface area contributed by atoms with Crippen LogP contribution in [-0.4, -0.2) is 17.6 Å². The number of para-hydroxylation sites is 1. The third-order valence-corrected chi connectivity index (χ3v) is 4.88. The first kappa shape index (κ1) is 20.2. The smallest absolute Gasteiger partial charge is 0.262 e. The molecule has 6 nitrogen and oxygen atoms in total. The summed E-state index contributed by atoms with van der Waals surface area (Å²) >= 11 is 0. The number of aromatic hydroxyl groups is 1. The molecular formula is C25H21NO5. The average Bonchev–Trinajstić information content (AvgIpc) is 2.78. The predicted molar refractivity (Wildman–Crippen MR) is 120 cm³/mol. The van der Waals surface area contributed by atoms with Gasteiger partial charge in [0.15, 0.2) is 12.0 Å². The van der Waals surface area contributed by atoms with Gasteiger partial charge in [0.1, 0.15) is 28.2 Å². The molecule has 0 aliphatic heterocycles. The normalized spacial score (nSPS) is 10.7. The molecule has 1 amide bonds. The van der Waals surface area contributed by atoms with Crippen molar-refractivity contribution in [3.05, 3.63) is 88.6 Å². The number of anilines is 1. The van der Waals surface area contributed by atoms with E-state index in [1.807, 2.05) is 61.5 Å². The second-order valence-electron chi connectivity index (χ2n) is 7.00. The third-order valence-electron chi connectivity index (χ3n) is 4.88. The molecule has 2 N–H and O–H groups in total. The Morgan fingerprint density at radius 1 is 1.03 bits per heavy atom. The molecule has 4 rings (SSSR count). The number of hydrogen-bond acceptors (Lipinski definition) is 5. The van der Waals surface area contributed by atoms with E-state index in [2.05, 4.69) is 5.32 Å². The fraction of sp³-hybridized carbons (Fsp3) is 0.120. The van der Waals surface area contributed by atoms with Crippen LogP contribution >= 0.6 is 0 Å². The van der Waals surface area contributed by atoms with Gasteiger partial charge in [-0.3, -0.25) is 9.59 Å². The zero-order valence-corrected chi connectivity index (χ0v) is 16.9. The molecule has 156 valence electrons. The number of carbonyl (C=O) groups excluding carboxylic acids is 1. The van der Waals surface area contributed by atoms with E-state index < -0.39 is 0 Å². The van der Waals surface area contributed by atoms with Crippen molar-refractivity contribution in [1.82, 2.24) is 0 Å². The van der Waals surface area contributed by atoms with Gasteiger partial charge in [-0.15, -0.1) is 0 Å². The van der Waals surface area contributed by atoms with Gasteiger partial charge < -0.3 is 19.6 Å². The Morgan fingerprint density at radius 3 is 2.55 bits per heavy atom. The van der Waals surface area contributed by atoms with Gasteiger partial charge >= 0.3 is 0 Å². The van der Waals surface area contributed by atoms with Crippen LogP contribution < -0.4 is 15.5 Å². The summed E-state index contributed by atoms with van der Waals surface area (Å²) in [6.45, 7) is 1.75. The Kier molecular flexibility index (Phi) is 5.71. The average molecular weight is 415 g/mol. The topological polar surface area (TPSA) is 88.8 Å². The highest BCUT2D eigenvalue weighted by atomic mass is 16.5. The van der Waals surface area contributed by atoms with Crippen LogP contribution in [0.1, 0.15) is 12.5 Å². The number of ether oxygens (including phenoxy) is 1. The standard InChI is InChI=1S/C25H21NO5/c1-2-16-8-6-7-11-19(16)26-24(29)15-30-18-12-20(27)25-21(28)14-22(31-23(25)13-18)17-9-4-3-5-10-17/h3-14,27H,2,15H2,1H3,(H,26,29). The summed E-state index contributed by atoms with van der Waals surface area (Å²) in [5, 5.41) is 13.2. The lowest BCUT2D eigenvalue weighted by Gasteiger charge is -2.11. The SMILES string of the molecule is CCc1ccccc1NC(=O)COc1cc(O)c2c(=O)cc(-c3ccccc3)oc2c1. The molecule has 6 heteroatoms. The Bertz CT molecular complexity index is 1290. The van der Waals surface area contributed by atoms with E-state index in [1.54, 1.807) is 0 Å². The fourth-order valence-electron chi connectivity index (χ4n) is 3.36. The monoisotopic (exact) mass is 415 g/mol. The van der Waals surface area contributed by atoms with Crippen LogP contribution in [0.25, 0.3) is 22.3 Å². The van der Waals surface area contributed by atoms with Crippen molar-refractivity contribution in [2.24, 2.45) is 0 Å². The molecule has 0 bridgehead atoms. The molecular weight excluding hydrogens is 394 g/mol. The van der Waals surface area contributed by atoms with E-state index >= 15 is 0 Å². The lowest BCUT2D eigenvalue weighted by molar-refractivity contribution is -0.118. The molecule has 4 aromatic rings. The summed E-state index contributed by atoms with van der Waals surface area (Å²) < 4.78 is 11.4. The summed E-state index contributed by atoms with van der Waals surface area (Å²) in [4.78, 5) is 24.8. The van der Waals surface area contributed by atoms with Crippen LogP contribution in [0.5, 0.6) is 11.5 Å². The first-order chi connectivity index (χ1) is 15.0. The van der Waals surface area contributed by atoms with Crippen molar-refractivity contribution >= 4 is 22.6 Å². The van der Waals surface area contributed by atoms with E-state index in [0.29, 0.717) is 5.76 Å². The summed E-state index contributed by atoms with van der Waals surface area (Å²) in [5.41, 5.74) is 2.31. The van der Waals surface area contributed by atoms with Crippen LogP contribution in [0.4, 0.5) is 5.69 Å². The van der Waals surface area contributed by atoms with Crippen LogP contribution in [0.3, 0.4) is 0 Å². The second kappa shape index (κ2) is 8.75. The van der Waals surface area contributed by atoms with Gasteiger partial charge in [0.05, 0.1) is 0 Å². The van der Waals surface area contributed by atoms with Gasteiger partial charge in [0, 0.05) is 29.4 Å². The number of rotatable bonds is 6. The molecule has 0 radical (unpaired) electrons. The minimum Gasteiger partial charge on any atom is -0.507 e. The molecule has 3 aromatic carbocycles. The number of phenols is 1. The maximum atomic E-state index is 12.5. The van der Waals surface area contributed by atoms with E-state index in [-0.39, 0.29) is 40.4 Å². The zero-order valence-electron chi connectivity index (χ0n) is 16.9. The highest BCUT2D eigenvalue weighted by Crippen LogP contribution is 2.31. The largest absolute Gasteiger partial charge is 0.507 e. The maximum absolute atomic E-state index is 12.5. The first-order valence-electron chi connectivity index (χ1n) is 9.92. The third kappa shape index (κ3) is 4.43. The Hall–Kier alpha value is -4.06. The summed E-state index contributed by atoms with van der Waals surface area (Å²) in [6.07, 6.45) is 0.790. The van der Waals surface area contributed by atoms with Crippen LogP contribution in [0.2, 0.25) is 0 Å². The number of phenolic OH excluding ortho intramolecular Hbond substituents is 1. The molecule has 0 aliphatic rings. The van der Waals surface area contributed by atoms with Gasteiger partial charge in [-0.2, -0.15) is 0 Å². The number of aryl methyl sites for hydroxylation is 1. The van der Waals surface area contributed by atoms with E-state index in [4.69, 9.17) is 9.15 Å². The van der Waals surface area contributed by atoms with Crippen molar-refractivity contribution in [3.63, 3.8) is 0 Å². The Morgan fingerprint density at radius 2 is 1.77 bits per heavy atom. The summed E-state index contributed by atoms with van der Waals surface area (Å²) in [5.74, 6) is -0.00146. The molecule has 0 fully saturated rings. The van der Waals surface area contributed by atoms with Crippen molar-refractivity contribution in [2.45, 2.75) is 13.3 Å². The van der Waals surface area contributed by atoms with Gasteiger partial charge in [-0.25, -0.2) is 0 Å². The molecule has 0 saturated carbocycles. The zero-order chi connectivity index (χ0) is 21.8. The molecule has 0 unspecified atom stereocenters. The number of fused-ring (bicyclic) bond motifs is 1. The van der Waals surface area contributed by atoms with Crippen molar-refractivity contribution < 1.29 is 19.1 Å². The minimum atomic E-state index is -0.363. The highest BCUT2D eigenvalue weighted by Gasteiger charge is 2.14. The highest BCUT2D eigenvalue weighted by molar-refractivity contribution is 5.93.